The van der Waals surface area contributed by atoms with Crippen LogP contribution >= 0.6 is 8.58 Å². The van der Waals surface area contributed by atoms with Crippen molar-refractivity contribution in [3.63, 3.8) is 0 Å². The number of β-amino-alcohol motifs (C(OH)–C–C–N with tert-alkyl or cyclic N) is 1. The normalized spacial score (nSPS) is 25.7. The lowest BCUT2D eigenvalue weighted by molar-refractivity contribution is -0.104. The molecule has 4 unspecified atom stereocenters. The molecule has 0 radical (unpaired) electrons. The number of likely N-dealkylation sites (tertiary alicyclic amines) is 2. The Morgan fingerprint density at radius 3 is 2.91 bits per heavy atom. The van der Waals surface area contributed by atoms with Gasteiger partial charge in [0.1, 0.15) is 6.29 Å². The predicted octanol–water partition coefficient (Wildman–Crippen LogP) is 2.62. The first-order valence-electron chi connectivity index (χ1n) is 12.4. The maximum absolute atomic E-state index is 11.5. The first-order chi connectivity index (χ1) is 17.0. The van der Waals surface area contributed by atoms with Gasteiger partial charge in [0.15, 0.2) is 0 Å². The fourth-order valence-corrected chi connectivity index (χ4v) is 7.00. The number of fused-ring (bicyclic) bond motifs is 2. The van der Waals surface area contributed by atoms with Gasteiger partial charge in [-0.15, -0.1) is 0 Å². The van der Waals surface area contributed by atoms with Crippen LogP contribution in [0.3, 0.4) is 0 Å². The zero-order chi connectivity index (χ0) is 24.5. The van der Waals surface area contributed by atoms with Gasteiger partial charge in [-0.05, 0) is 57.4 Å². The van der Waals surface area contributed by atoms with E-state index in [0.717, 1.165) is 66.8 Å². The minimum absolute atomic E-state index is 0.180. The summed E-state index contributed by atoms with van der Waals surface area (Å²) in [5, 5.41) is 15.1. The molecule has 0 spiro atoms. The summed E-state index contributed by atoms with van der Waals surface area (Å²) in [6, 6.07) is 2.65. The zero-order valence-electron chi connectivity index (χ0n) is 20.8. The van der Waals surface area contributed by atoms with Gasteiger partial charge in [0.2, 0.25) is 0 Å². The molecule has 0 aromatic carbocycles. The number of rotatable bonds is 7. The number of nitrogens with zero attached hydrogens (tertiary/aromatic N) is 6. The number of carbonyl (C=O) groups excluding carboxylic acids is 1. The standard InChI is InChI=1S/C26H35N6O2P/c1-18-15-32-24(19(2)27-18)14-22(28-32)25(8-12-33)35-26-5-4-21(17-29(26)3)31-10-7-23-20(16-31)6-9-30(23)11-13-34/h4-5,8,12,14-15,17,20,23,26,34-35H,6-7,9-11,13,16H2,1-3H3/b25-8-. The average Bonchev–Trinajstić information content (AvgIpc) is 3.44. The lowest BCUT2D eigenvalue weighted by atomic mass is 9.92. The molecule has 0 saturated carbocycles. The molecule has 2 aromatic rings. The molecule has 3 aliphatic heterocycles. The number of allylic oxidation sites excluding steroid dienone is 2. The van der Waals surface area contributed by atoms with Gasteiger partial charge in [0.05, 0.1) is 46.9 Å². The molecular weight excluding hydrogens is 459 g/mol. The molecule has 5 rings (SSSR count). The van der Waals surface area contributed by atoms with Gasteiger partial charge < -0.3 is 14.9 Å². The maximum Gasteiger partial charge on any atom is 0.143 e. The number of aryl methyl sites for hydroxylation is 2. The molecule has 9 heteroatoms. The van der Waals surface area contributed by atoms with Crippen LogP contribution in [-0.4, -0.2) is 92.3 Å². The highest BCUT2D eigenvalue weighted by molar-refractivity contribution is 7.51. The number of aliphatic hydroxyl groups is 1. The minimum atomic E-state index is 0.180. The third kappa shape index (κ3) is 4.92. The number of aromatic nitrogens is 3. The number of aliphatic hydroxyl groups excluding tert-OH is 1. The Bertz CT molecular complexity index is 1190. The highest BCUT2D eigenvalue weighted by atomic mass is 31.1. The molecule has 2 aromatic heterocycles. The van der Waals surface area contributed by atoms with Crippen LogP contribution in [0.5, 0.6) is 0 Å². The van der Waals surface area contributed by atoms with E-state index in [9.17, 15) is 9.90 Å². The summed E-state index contributed by atoms with van der Waals surface area (Å²) in [4.78, 5) is 23.3. The Labute approximate surface area is 208 Å². The Hall–Kier alpha value is -2.54. The number of carbonyl (C=O) groups is 1. The van der Waals surface area contributed by atoms with Crippen LogP contribution in [0.1, 0.15) is 29.9 Å². The van der Waals surface area contributed by atoms with E-state index in [-0.39, 0.29) is 12.4 Å². The second-order valence-electron chi connectivity index (χ2n) is 9.82. The Balaban J connectivity index is 1.27. The van der Waals surface area contributed by atoms with E-state index in [1.165, 1.54) is 12.1 Å². The van der Waals surface area contributed by atoms with Gasteiger partial charge in [-0.1, -0.05) is 14.7 Å². The van der Waals surface area contributed by atoms with E-state index in [0.29, 0.717) is 20.5 Å². The molecule has 0 bridgehead atoms. The zero-order valence-corrected chi connectivity index (χ0v) is 21.8. The number of likely N-dealkylation sites (N-methyl/N-ethyl adjacent to an activating group) is 1. The number of hydrogen-bond acceptors (Lipinski definition) is 7. The second kappa shape index (κ2) is 10.2. The molecule has 2 fully saturated rings. The van der Waals surface area contributed by atoms with Crippen molar-refractivity contribution in [2.24, 2.45) is 5.92 Å². The summed E-state index contributed by atoms with van der Waals surface area (Å²) < 4.78 is 1.86. The SMILES string of the molecule is Cc1cn2nc(/C(=C/C=O)PC3C=CC(N4CCC5C(CCN5CCO)C4)=CN3C)cc2c(C)n1. The molecule has 0 aliphatic carbocycles. The quantitative estimate of drug-likeness (QED) is 0.360. The monoisotopic (exact) mass is 494 g/mol. The van der Waals surface area contributed by atoms with Crippen molar-refractivity contribution in [1.82, 2.24) is 29.3 Å². The first kappa shape index (κ1) is 24.2. The van der Waals surface area contributed by atoms with Crippen LogP contribution in [0.2, 0.25) is 0 Å². The van der Waals surface area contributed by atoms with Crippen molar-refractivity contribution < 1.29 is 9.90 Å². The van der Waals surface area contributed by atoms with Gasteiger partial charge in [-0.25, -0.2) is 4.52 Å². The van der Waals surface area contributed by atoms with E-state index in [2.05, 4.69) is 45.1 Å². The van der Waals surface area contributed by atoms with Crippen molar-refractivity contribution in [2.75, 3.05) is 39.8 Å². The Kier molecular flexibility index (Phi) is 7.05. The number of aldehydes is 1. The van der Waals surface area contributed by atoms with Crippen molar-refractivity contribution in [3.8, 4) is 0 Å². The summed E-state index contributed by atoms with van der Waals surface area (Å²) in [6.45, 7) is 8.22. The van der Waals surface area contributed by atoms with Gasteiger partial charge in [-0.3, -0.25) is 14.7 Å². The maximum atomic E-state index is 11.5. The third-order valence-corrected chi connectivity index (χ3v) is 9.13. The fraction of sp³-hybridized carbons (Fsp3) is 0.500. The predicted molar refractivity (Wildman–Crippen MR) is 140 cm³/mol. The molecule has 4 atom stereocenters. The van der Waals surface area contributed by atoms with E-state index in [4.69, 9.17) is 5.10 Å². The van der Waals surface area contributed by atoms with Crippen molar-refractivity contribution in [1.29, 1.82) is 0 Å². The van der Waals surface area contributed by atoms with Crippen LogP contribution < -0.4 is 0 Å². The summed E-state index contributed by atoms with van der Waals surface area (Å²) in [6.07, 6.45) is 13.6. The van der Waals surface area contributed by atoms with Crippen LogP contribution in [0.4, 0.5) is 0 Å². The lowest BCUT2D eigenvalue weighted by Gasteiger charge is -2.41. The molecule has 1 N–H and O–H groups in total. The van der Waals surface area contributed by atoms with Gasteiger partial charge in [0, 0.05) is 44.2 Å². The molecular formula is C26H35N6O2P. The second-order valence-corrected chi connectivity index (χ2v) is 11.2. The van der Waals surface area contributed by atoms with Crippen LogP contribution in [0.15, 0.2) is 42.4 Å². The molecule has 0 amide bonds. The third-order valence-electron chi connectivity index (χ3n) is 7.50. The van der Waals surface area contributed by atoms with Crippen LogP contribution in [0, 0.1) is 19.8 Å². The van der Waals surface area contributed by atoms with E-state index in [1.54, 1.807) is 6.08 Å². The van der Waals surface area contributed by atoms with Crippen LogP contribution in [0.25, 0.3) is 10.8 Å². The summed E-state index contributed by atoms with van der Waals surface area (Å²) in [7, 11) is 2.51. The summed E-state index contributed by atoms with van der Waals surface area (Å²) in [5.41, 5.74) is 4.92. The summed E-state index contributed by atoms with van der Waals surface area (Å²) in [5.74, 6) is 0.855. The van der Waals surface area contributed by atoms with Crippen molar-refractivity contribution >= 4 is 25.7 Å². The lowest BCUT2D eigenvalue weighted by Crippen LogP contribution is -2.46. The highest BCUT2D eigenvalue weighted by Gasteiger charge is 2.38. The topological polar surface area (TPSA) is 77.2 Å². The van der Waals surface area contributed by atoms with Crippen molar-refractivity contribution in [3.05, 3.63) is 59.5 Å². The highest BCUT2D eigenvalue weighted by Crippen LogP contribution is 2.41. The van der Waals surface area contributed by atoms with Gasteiger partial charge in [-0.2, -0.15) is 5.10 Å². The Morgan fingerprint density at radius 2 is 2.14 bits per heavy atom. The fourth-order valence-electron chi connectivity index (χ4n) is 5.77. The molecule has 35 heavy (non-hydrogen) atoms. The molecule has 8 nitrogen and oxygen atoms in total. The smallest absolute Gasteiger partial charge is 0.143 e. The number of hydrogen-bond donors (Lipinski definition) is 1. The minimum Gasteiger partial charge on any atom is -0.395 e. The number of piperidine rings is 1. The van der Waals surface area contributed by atoms with Crippen LogP contribution in [-0.2, 0) is 4.79 Å². The largest absolute Gasteiger partial charge is 0.395 e. The van der Waals surface area contributed by atoms with Gasteiger partial charge in [0.25, 0.3) is 0 Å². The van der Waals surface area contributed by atoms with E-state index >= 15 is 0 Å². The average molecular weight is 495 g/mol. The van der Waals surface area contributed by atoms with E-state index in [1.807, 2.05) is 30.6 Å². The molecule has 186 valence electrons. The first-order valence-corrected chi connectivity index (χ1v) is 13.5. The molecule has 5 heterocycles. The summed E-state index contributed by atoms with van der Waals surface area (Å²) >= 11 is 0. The Morgan fingerprint density at radius 1 is 1.29 bits per heavy atom. The molecule has 3 aliphatic rings. The van der Waals surface area contributed by atoms with E-state index < -0.39 is 0 Å². The van der Waals surface area contributed by atoms with Gasteiger partial charge >= 0.3 is 0 Å². The molecule has 2 saturated heterocycles. The van der Waals surface area contributed by atoms with Crippen molar-refractivity contribution in [2.45, 2.75) is 38.5 Å².